The van der Waals surface area contributed by atoms with Crippen molar-refractivity contribution in [1.29, 1.82) is 0 Å². The molecule has 0 bridgehead atoms. The van der Waals surface area contributed by atoms with Crippen LogP contribution in [0.5, 0.6) is 0 Å². The molecule has 0 aromatic heterocycles. The van der Waals surface area contributed by atoms with Crippen molar-refractivity contribution in [2.24, 2.45) is 0 Å². The van der Waals surface area contributed by atoms with Gasteiger partial charge < -0.3 is 15.2 Å². The molecule has 0 unspecified atom stereocenters. The van der Waals surface area contributed by atoms with Crippen molar-refractivity contribution < 1.29 is 19.5 Å². The molecule has 3 rings (SSSR count). The highest BCUT2D eigenvalue weighted by Gasteiger charge is 2.40. The molecule has 0 saturated heterocycles. The second kappa shape index (κ2) is 6.99. The molecule has 9 heteroatoms. The molecule has 0 fully saturated rings. The molecule has 6 nitrogen and oxygen atoms in total. The number of hydrogen-bond acceptors (Lipinski definition) is 5. The standard InChI is InChI=1S/C17H9Cl3N2O4/c18-10-5-2-6-11(12(10)19)22-15(23)13(20)14(16(22)24)21-9-4-1-3-8(7-9)17(25)26/h1-7,21H,(H,25,26)/p-1. The van der Waals surface area contributed by atoms with Gasteiger partial charge in [0.05, 0.1) is 21.7 Å². The van der Waals surface area contributed by atoms with E-state index >= 15 is 0 Å². The van der Waals surface area contributed by atoms with Gasteiger partial charge in [-0.05, 0) is 29.8 Å². The summed E-state index contributed by atoms with van der Waals surface area (Å²) in [5, 5.41) is 13.5. The largest absolute Gasteiger partial charge is 0.545 e. The normalized spacial score (nSPS) is 14.2. The van der Waals surface area contributed by atoms with E-state index in [0.29, 0.717) is 0 Å². The van der Waals surface area contributed by atoms with E-state index in [0.717, 1.165) is 4.90 Å². The number of aromatic carboxylic acids is 1. The summed E-state index contributed by atoms with van der Waals surface area (Å²) in [7, 11) is 0. The van der Waals surface area contributed by atoms with Crippen LogP contribution in [-0.2, 0) is 9.59 Å². The van der Waals surface area contributed by atoms with E-state index in [2.05, 4.69) is 5.32 Å². The molecule has 1 N–H and O–H groups in total. The molecule has 132 valence electrons. The first kappa shape index (κ1) is 18.3. The number of rotatable bonds is 4. The van der Waals surface area contributed by atoms with Crippen LogP contribution in [0.25, 0.3) is 0 Å². The van der Waals surface area contributed by atoms with Crippen LogP contribution >= 0.6 is 34.8 Å². The van der Waals surface area contributed by atoms with Crippen LogP contribution < -0.4 is 15.3 Å². The van der Waals surface area contributed by atoms with Crippen molar-refractivity contribution in [3.8, 4) is 0 Å². The molecular formula is C17H8Cl3N2O4-. The van der Waals surface area contributed by atoms with Crippen LogP contribution in [0.1, 0.15) is 10.4 Å². The van der Waals surface area contributed by atoms with Crippen molar-refractivity contribution in [3.63, 3.8) is 0 Å². The number of halogens is 3. The van der Waals surface area contributed by atoms with E-state index in [1.54, 1.807) is 0 Å². The molecule has 0 saturated carbocycles. The lowest BCUT2D eigenvalue weighted by molar-refractivity contribution is -0.255. The average Bonchev–Trinajstić information content (AvgIpc) is 2.81. The topological polar surface area (TPSA) is 89.5 Å². The van der Waals surface area contributed by atoms with Crippen molar-refractivity contribution in [1.82, 2.24) is 0 Å². The Morgan fingerprint density at radius 1 is 1.00 bits per heavy atom. The fourth-order valence-electron chi connectivity index (χ4n) is 2.36. The molecule has 1 aliphatic rings. The number of nitrogens with one attached hydrogen (secondary N) is 1. The second-order valence-corrected chi connectivity index (χ2v) is 6.36. The summed E-state index contributed by atoms with van der Waals surface area (Å²) in [5.41, 5.74) is 0.0362. The Bertz CT molecular complexity index is 988. The zero-order valence-electron chi connectivity index (χ0n) is 12.8. The number of benzene rings is 2. The van der Waals surface area contributed by atoms with Crippen molar-refractivity contribution in [3.05, 3.63) is 68.8 Å². The van der Waals surface area contributed by atoms with E-state index in [1.165, 1.54) is 42.5 Å². The maximum Gasteiger partial charge on any atom is 0.283 e. The molecule has 2 aromatic rings. The summed E-state index contributed by atoms with van der Waals surface area (Å²) in [6.45, 7) is 0. The molecule has 2 amide bonds. The minimum atomic E-state index is -1.38. The van der Waals surface area contributed by atoms with E-state index in [-0.39, 0.29) is 37.7 Å². The Labute approximate surface area is 162 Å². The highest BCUT2D eigenvalue weighted by Crippen LogP contribution is 2.37. The van der Waals surface area contributed by atoms with Crippen molar-refractivity contribution >= 4 is 64.0 Å². The average molecular weight is 411 g/mol. The van der Waals surface area contributed by atoms with Gasteiger partial charge in [-0.1, -0.05) is 53.0 Å². The molecule has 26 heavy (non-hydrogen) atoms. The van der Waals surface area contributed by atoms with Crippen LogP contribution in [0, 0.1) is 0 Å². The number of imide groups is 1. The molecule has 0 atom stereocenters. The van der Waals surface area contributed by atoms with E-state index in [1.807, 2.05) is 0 Å². The summed E-state index contributed by atoms with van der Waals surface area (Å²) in [5.74, 6) is -2.91. The first-order valence-electron chi connectivity index (χ1n) is 7.12. The molecule has 0 radical (unpaired) electrons. The first-order valence-corrected chi connectivity index (χ1v) is 8.25. The zero-order chi connectivity index (χ0) is 19.0. The fraction of sp³-hybridized carbons (Fsp3) is 0. The number of hydrogen-bond donors (Lipinski definition) is 1. The van der Waals surface area contributed by atoms with E-state index in [4.69, 9.17) is 34.8 Å². The number of carboxylic acid groups (broad SMARTS) is 1. The van der Waals surface area contributed by atoms with Gasteiger partial charge in [0.25, 0.3) is 11.8 Å². The van der Waals surface area contributed by atoms with Crippen LogP contribution in [0.2, 0.25) is 10.0 Å². The monoisotopic (exact) mass is 409 g/mol. The SMILES string of the molecule is O=C([O-])c1cccc(NC2=C(Cl)C(=O)N(c3cccc(Cl)c3Cl)C2=O)c1. The summed E-state index contributed by atoms with van der Waals surface area (Å²) in [4.78, 5) is 36.8. The van der Waals surface area contributed by atoms with Gasteiger partial charge in [-0.25, -0.2) is 4.90 Å². The minimum absolute atomic E-state index is 0.0283. The molecule has 0 aliphatic carbocycles. The summed E-state index contributed by atoms with van der Waals surface area (Å²) in [6, 6.07) is 10.0. The number of anilines is 2. The third-order valence-corrected chi connectivity index (χ3v) is 4.73. The number of nitrogens with zero attached hydrogens (tertiary/aromatic N) is 1. The number of carbonyl (C=O) groups is 3. The molecule has 2 aromatic carbocycles. The summed E-state index contributed by atoms with van der Waals surface area (Å²) in [6.07, 6.45) is 0. The highest BCUT2D eigenvalue weighted by atomic mass is 35.5. The molecule has 0 spiro atoms. The highest BCUT2D eigenvalue weighted by molar-refractivity contribution is 6.54. The maximum absolute atomic E-state index is 12.7. The number of carboxylic acids is 1. The molecular weight excluding hydrogens is 403 g/mol. The lowest BCUT2D eigenvalue weighted by Crippen LogP contribution is -2.32. The van der Waals surface area contributed by atoms with Gasteiger partial charge in [0, 0.05) is 5.69 Å². The summed E-state index contributed by atoms with van der Waals surface area (Å²) < 4.78 is 0. The van der Waals surface area contributed by atoms with Gasteiger partial charge in [0.15, 0.2) is 0 Å². The lowest BCUT2D eigenvalue weighted by atomic mass is 10.2. The van der Waals surface area contributed by atoms with Gasteiger partial charge >= 0.3 is 0 Å². The van der Waals surface area contributed by atoms with E-state index in [9.17, 15) is 19.5 Å². The lowest BCUT2D eigenvalue weighted by Gasteiger charge is -2.17. The molecule has 1 heterocycles. The van der Waals surface area contributed by atoms with Crippen LogP contribution in [0.4, 0.5) is 11.4 Å². The summed E-state index contributed by atoms with van der Waals surface area (Å²) >= 11 is 18.0. The fourth-order valence-corrected chi connectivity index (χ4v) is 2.96. The Morgan fingerprint density at radius 3 is 2.38 bits per heavy atom. The minimum Gasteiger partial charge on any atom is -0.545 e. The second-order valence-electron chi connectivity index (χ2n) is 5.20. The Hall–Kier alpha value is -2.54. The predicted molar refractivity (Wildman–Crippen MR) is 96.2 cm³/mol. The zero-order valence-corrected chi connectivity index (χ0v) is 15.0. The van der Waals surface area contributed by atoms with Gasteiger partial charge in [-0.3, -0.25) is 9.59 Å². The van der Waals surface area contributed by atoms with Gasteiger partial charge in [-0.15, -0.1) is 0 Å². The Balaban J connectivity index is 1.96. The smallest absolute Gasteiger partial charge is 0.283 e. The van der Waals surface area contributed by atoms with Gasteiger partial charge in [0.1, 0.15) is 10.7 Å². The van der Waals surface area contributed by atoms with Crippen molar-refractivity contribution in [2.45, 2.75) is 0 Å². The predicted octanol–water partition coefficient (Wildman–Crippen LogP) is 2.79. The third-order valence-electron chi connectivity index (χ3n) is 3.57. The maximum atomic E-state index is 12.7. The quantitative estimate of drug-likeness (QED) is 0.783. The van der Waals surface area contributed by atoms with Crippen LogP contribution in [0.15, 0.2) is 53.2 Å². The van der Waals surface area contributed by atoms with Crippen molar-refractivity contribution in [2.75, 3.05) is 10.2 Å². The molecule has 1 aliphatic heterocycles. The van der Waals surface area contributed by atoms with Gasteiger partial charge in [-0.2, -0.15) is 0 Å². The number of carbonyl (C=O) groups excluding carboxylic acids is 3. The van der Waals surface area contributed by atoms with Crippen LogP contribution in [0.3, 0.4) is 0 Å². The Morgan fingerprint density at radius 2 is 1.69 bits per heavy atom. The van der Waals surface area contributed by atoms with E-state index < -0.39 is 17.8 Å². The number of amides is 2. The third kappa shape index (κ3) is 3.14. The van der Waals surface area contributed by atoms with Gasteiger partial charge in [0.2, 0.25) is 0 Å². The Kier molecular flexibility index (Phi) is 4.91. The van der Waals surface area contributed by atoms with Crippen LogP contribution in [-0.4, -0.2) is 17.8 Å². The first-order chi connectivity index (χ1) is 12.3.